The first-order valence-corrected chi connectivity index (χ1v) is 5.94. The maximum atomic E-state index is 3.99. The van der Waals surface area contributed by atoms with E-state index in [1.54, 1.807) is 0 Å². The number of aryl methyl sites for hydroxylation is 2. The molecule has 0 fully saturated rings. The van der Waals surface area contributed by atoms with Crippen LogP contribution in [0.1, 0.15) is 16.7 Å². The van der Waals surface area contributed by atoms with Crippen molar-refractivity contribution >= 4 is 0 Å². The monoisotopic (exact) mass is 228 g/mol. The Kier molecular flexibility index (Phi) is 2.44. The van der Waals surface area contributed by atoms with Crippen molar-refractivity contribution in [3.05, 3.63) is 35.0 Å². The molecule has 1 aliphatic rings. The molecule has 17 heavy (non-hydrogen) atoms. The molecule has 3 rings (SSSR count). The molecular weight excluding hydrogens is 212 g/mol. The SMILES string of the molecule is Cc1cc(-c2cnnn2C)cc2c1CNCC2. The summed E-state index contributed by atoms with van der Waals surface area (Å²) in [5, 5.41) is 11.3. The minimum absolute atomic E-state index is 0.991. The zero-order chi connectivity index (χ0) is 11.8. The Bertz CT molecular complexity index is 557. The molecule has 2 heterocycles. The molecule has 1 aliphatic heterocycles. The van der Waals surface area contributed by atoms with Crippen LogP contribution in [-0.2, 0) is 20.0 Å². The lowest BCUT2D eigenvalue weighted by Gasteiger charge is -2.20. The van der Waals surface area contributed by atoms with Gasteiger partial charge in [0, 0.05) is 19.2 Å². The third kappa shape index (κ3) is 1.74. The molecule has 0 saturated carbocycles. The van der Waals surface area contributed by atoms with E-state index in [0.717, 1.165) is 25.2 Å². The fourth-order valence-corrected chi connectivity index (χ4v) is 2.50. The minimum atomic E-state index is 0.991. The number of aromatic nitrogens is 3. The van der Waals surface area contributed by atoms with Crippen molar-refractivity contribution in [2.75, 3.05) is 6.54 Å². The first-order valence-electron chi connectivity index (χ1n) is 5.94. The molecule has 0 unspecified atom stereocenters. The second kappa shape index (κ2) is 3.96. The van der Waals surface area contributed by atoms with Gasteiger partial charge in [0.05, 0.1) is 11.9 Å². The van der Waals surface area contributed by atoms with Crippen LogP contribution in [0.5, 0.6) is 0 Å². The van der Waals surface area contributed by atoms with Gasteiger partial charge in [-0.05, 0) is 48.7 Å². The van der Waals surface area contributed by atoms with Gasteiger partial charge >= 0.3 is 0 Å². The van der Waals surface area contributed by atoms with Crippen LogP contribution in [0.25, 0.3) is 11.3 Å². The van der Waals surface area contributed by atoms with E-state index in [0.29, 0.717) is 0 Å². The van der Waals surface area contributed by atoms with Crippen LogP contribution in [0.2, 0.25) is 0 Å². The van der Waals surface area contributed by atoms with Crippen molar-refractivity contribution in [3.63, 3.8) is 0 Å². The summed E-state index contributed by atoms with van der Waals surface area (Å²) >= 11 is 0. The summed E-state index contributed by atoms with van der Waals surface area (Å²) in [6, 6.07) is 4.51. The molecule has 0 radical (unpaired) electrons. The maximum absolute atomic E-state index is 3.99. The summed E-state index contributed by atoms with van der Waals surface area (Å²) in [6.45, 7) is 4.24. The predicted molar refractivity (Wildman–Crippen MR) is 66.6 cm³/mol. The van der Waals surface area contributed by atoms with Crippen LogP contribution >= 0.6 is 0 Å². The number of hydrogen-bond acceptors (Lipinski definition) is 3. The minimum Gasteiger partial charge on any atom is -0.312 e. The van der Waals surface area contributed by atoms with E-state index in [-0.39, 0.29) is 0 Å². The fraction of sp³-hybridized carbons (Fsp3) is 0.385. The Balaban J connectivity index is 2.14. The molecule has 0 bridgehead atoms. The summed E-state index contributed by atoms with van der Waals surface area (Å²) in [7, 11) is 1.93. The zero-order valence-corrected chi connectivity index (χ0v) is 10.2. The summed E-state index contributed by atoms with van der Waals surface area (Å²) in [5.41, 5.74) is 6.56. The van der Waals surface area contributed by atoms with Crippen LogP contribution in [0.3, 0.4) is 0 Å². The normalized spacial score (nSPS) is 14.7. The number of benzene rings is 1. The Morgan fingerprint density at radius 3 is 3.00 bits per heavy atom. The van der Waals surface area contributed by atoms with E-state index >= 15 is 0 Å². The number of nitrogens with zero attached hydrogens (tertiary/aromatic N) is 3. The summed E-state index contributed by atoms with van der Waals surface area (Å²) < 4.78 is 1.82. The number of fused-ring (bicyclic) bond motifs is 1. The Morgan fingerprint density at radius 1 is 1.35 bits per heavy atom. The van der Waals surface area contributed by atoms with Crippen LogP contribution in [0.4, 0.5) is 0 Å². The van der Waals surface area contributed by atoms with E-state index in [1.807, 2.05) is 17.9 Å². The molecule has 0 atom stereocenters. The Labute approximate surface area is 101 Å². The van der Waals surface area contributed by atoms with Crippen molar-refractivity contribution in [3.8, 4) is 11.3 Å². The highest BCUT2D eigenvalue weighted by atomic mass is 15.4. The molecule has 2 aromatic rings. The van der Waals surface area contributed by atoms with Crippen LogP contribution in [0.15, 0.2) is 18.3 Å². The highest BCUT2D eigenvalue weighted by Crippen LogP contribution is 2.26. The molecule has 0 amide bonds. The predicted octanol–water partition coefficient (Wildman–Crippen LogP) is 1.44. The quantitative estimate of drug-likeness (QED) is 0.803. The van der Waals surface area contributed by atoms with Crippen molar-refractivity contribution in [2.45, 2.75) is 19.9 Å². The molecule has 88 valence electrons. The highest BCUT2D eigenvalue weighted by Gasteiger charge is 2.14. The average molecular weight is 228 g/mol. The van der Waals surface area contributed by atoms with Crippen LogP contribution < -0.4 is 5.32 Å². The molecule has 4 heteroatoms. The van der Waals surface area contributed by atoms with E-state index < -0.39 is 0 Å². The standard InChI is InChI=1S/C13H16N4/c1-9-5-11(13-8-15-16-17(13)2)6-10-3-4-14-7-12(9)10/h5-6,8,14H,3-4,7H2,1-2H3. The molecular formula is C13H16N4. The zero-order valence-electron chi connectivity index (χ0n) is 10.2. The first kappa shape index (κ1) is 10.5. The first-order chi connectivity index (χ1) is 8.25. The molecule has 4 nitrogen and oxygen atoms in total. The molecule has 0 spiro atoms. The molecule has 1 aromatic heterocycles. The van der Waals surface area contributed by atoms with Gasteiger partial charge in [0.25, 0.3) is 0 Å². The van der Waals surface area contributed by atoms with E-state index in [2.05, 4.69) is 34.7 Å². The summed E-state index contributed by atoms with van der Waals surface area (Å²) in [5.74, 6) is 0. The lowest BCUT2D eigenvalue weighted by Crippen LogP contribution is -2.24. The number of nitrogens with one attached hydrogen (secondary N) is 1. The van der Waals surface area contributed by atoms with E-state index in [9.17, 15) is 0 Å². The van der Waals surface area contributed by atoms with Gasteiger partial charge in [-0.2, -0.15) is 0 Å². The van der Waals surface area contributed by atoms with Gasteiger partial charge in [-0.15, -0.1) is 5.10 Å². The molecule has 0 saturated heterocycles. The van der Waals surface area contributed by atoms with Gasteiger partial charge < -0.3 is 5.32 Å². The second-order valence-corrected chi connectivity index (χ2v) is 4.60. The summed E-state index contributed by atoms with van der Waals surface area (Å²) in [6.07, 6.45) is 2.93. The van der Waals surface area contributed by atoms with E-state index in [1.165, 1.54) is 22.3 Å². The van der Waals surface area contributed by atoms with Crippen molar-refractivity contribution in [1.29, 1.82) is 0 Å². The maximum Gasteiger partial charge on any atom is 0.0882 e. The van der Waals surface area contributed by atoms with Crippen molar-refractivity contribution < 1.29 is 0 Å². The fourth-order valence-electron chi connectivity index (χ4n) is 2.50. The van der Waals surface area contributed by atoms with Crippen LogP contribution in [0, 0.1) is 6.92 Å². The highest BCUT2D eigenvalue weighted by molar-refractivity contribution is 5.62. The third-order valence-electron chi connectivity index (χ3n) is 3.45. The van der Waals surface area contributed by atoms with Crippen molar-refractivity contribution in [1.82, 2.24) is 20.3 Å². The van der Waals surface area contributed by atoms with Gasteiger partial charge in [-0.25, -0.2) is 4.68 Å². The lowest BCUT2D eigenvalue weighted by atomic mass is 9.93. The average Bonchev–Trinajstić information content (AvgIpc) is 2.75. The van der Waals surface area contributed by atoms with Gasteiger partial charge in [0.1, 0.15) is 0 Å². The third-order valence-corrected chi connectivity index (χ3v) is 3.45. The largest absolute Gasteiger partial charge is 0.312 e. The Morgan fingerprint density at radius 2 is 2.24 bits per heavy atom. The number of rotatable bonds is 1. The molecule has 1 aromatic carbocycles. The lowest BCUT2D eigenvalue weighted by molar-refractivity contribution is 0.640. The van der Waals surface area contributed by atoms with Gasteiger partial charge in [0.15, 0.2) is 0 Å². The molecule has 0 aliphatic carbocycles. The smallest absolute Gasteiger partial charge is 0.0882 e. The second-order valence-electron chi connectivity index (χ2n) is 4.60. The van der Waals surface area contributed by atoms with Gasteiger partial charge in [-0.1, -0.05) is 5.21 Å². The van der Waals surface area contributed by atoms with E-state index in [4.69, 9.17) is 0 Å². The van der Waals surface area contributed by atoms with Gasteiger partial charge in [0.2, 0.25) is 0 Å². The summed E-state index contributed by atoms with van der Waals surface area (Å²) in [4.78, 5) is 0. The van der Waals surface area contributed by atoms with Crippen LogP contribution in [-0.4, -0.2) is 21.5 Å². The topological polar surface area (TPSA) is 42.7 Å². The molecule has 1 N–H and O–H groups in total. The number of hydrogen-bond donors (Lipinski definition) is 1. The van der Waals surface area contributed by atoms with Gasteiger partial charge in [-0.3, -0.25) is 0 Å². The van der Waals surface area contributed by atoms with Crippen molar-refractivity contribution in [2.24, 2.45) is 7.05 Å². The Hall–Kier alpha value is -1.68.